The molecule has 1 aromatic rings. The summed E-state index contributed by atoms with van der Waals surface area (Å²) >= 11 is 0. The number of carbonyl (C=O) groups excluding carboxylic acids is 1. The molecule has 0 fully saturated rings. The van der Waals surface area contributed by atoms with E-state index in [1.807, 2.05) is 0 Å². The SMILES string of the molecule is O=C(NNC1=CCCC1)c1ccncc1. The second-order valence-electron chi connectivity index (χ2n) is 3.44. The monoisotopic (exact) mass is 203 g/mol. The summed E-state index contributed by atoms with van der Waals surface area (Å²) in [7, 11) is 0. The number of amides is 1. The van der Waals surface area contributed by atoms with Gasteiger partial charge < -0.3 is 5.43 Å². The number of pyridine rings is 1. The van der Waals surface area contributed by atoms with Crippen LogP contribution in [0.25, 0.3) is 0 Å². The minimum absolute atomic E-state index is 0.134. The second kappa shape index (κ2) is 4.59. The van der Waals surface area contributed by atoms with Gasteiger partial charge in [-0.05, 0) is 31.4 Å². The summed E-state index contributed by atoms with van der Waals surface area (Å²) in [6, 6.07) is 3.36. The van der Waals surface area contributed by atoms with Gasteiger partial charge in [-0.1, -0.05) is 6.08 Å². The fourth-order valence-electron chi connectivity index (χ4n) is 1.50. The normalized spacial score (nSPS) is 14.5. The predicted molar refractivity (Wildman–Crippen MR) is 56.8 cm³/mol. The molecule has 2 N–H and O–H groups in total. The predicted octanol–water partition coefficient (Wildman–Crippen LogP) is 1.38. The third kappa shape index (κ3) is 2.56. The Hall–Kier alpha value is -1.84. The number of nitrogens with zero attached hydrogens (tertiary/aromatic N) is 1. The van der Waals surface area contributed by atoms with Gasteiger partial charge in [0, 0.05) is 23.7 Å². The van der Waals surface area contributed by atoms with Crippen molar-refractivity contribution < 1.29 is 4.79 Å². The molecule has 0 saturated heterocycles. The minimum Gasteiger partial charge on any atom is -0.303 e. The molecule has 0 bridgehead atoms. The lowest BCUT2D eigenvalue weighted by molar-refractivity contribution is 0.0938. The molecule has 0 radical (unpaired) electrons. The number of hydrogen-bond acceptors (Lipinski definition) is 3. The van der Waals surface area contributed by atoms with Gasteiger partial charge in [-0.3, -0.25) is 15.2 Å². The average Bonchev–Trinajstić information content (AvgIpc) is 2.80. The molecule has 4 heteroatoms. The van der Waals surface area contributed by atoms with Crippen LogP contribution in [0.5, 0.6) is 0 Å². The lowest BCUT2D eigenvalue weighted by Gasteiger charge is -2.08. The molecule has 4 nitrogen and oxygen atoms in total. The van der Waals surface area contributed by atoms with Crippen molar-refractivity contribution in [2.24, 2.45) is 0 Å². The topological polar surface area (TPSA) is 54.0 Å². The number of hydrazine groups is 1. The largest absolute Gasteiger partial charge is 0.303 e. The third-order valence-corrected chi connectivity index (χ3v) is 2.32. The van der Waals surface area contributed by atoms with Gasteiger partial charge in [-0.15, -0.1) is 0 Å². The van der Waals surface area contributed by atoms with Crippen LogP contribution in [0, 0.1) is 0 Å². The molecular formula is C11H13N3O. The highest BCUT2D eigenvalue weighted by Gasteiger charge is 2.06. The van der Waals surface area contributed by atoms with Crippen molar-refractivity contribution in [3.63, 3.8) is 0 Å². The first kappa shape index (κ1) is 9.71. The van der Waals surface area contributed by atoms with E-state index in [4.69, 9.17) is 0 Å². The van der Waals surface area contributed by atoms with Gasteiger partial charge in [0.1, 0.15) is 0 Å². The third-order valence-electron chi connectivity index (χ3n) is 2.32. The molecule has 2 rings (SSSR count). The highest BCUT2D eigenvalue weighted by Crippen LogP contribution is 2.13. The molecule has 0 unspecified atom stereocenters. The van der Waals surface area contributed by atoms with Crippen molar-refractivity contribution >= 4 is 5.91 Å². The van der Waals surface area contributed by atoms with Crippen LogP contribution < -0.4 is 10.9 Å². The van der Waals surface area contributed by atoms with E-state index < -0.39 is 0 Å². The van der Waals surface area contributed by atoms with Gasteiger partial charge >= 0.3 is 0 Å². The summed E-state index contributed by atoms with van der Waals surface area (Å²) in [4.78, 5) is 15.4. The zero-order valence-corrected chi connectivity index (χ0v) is 8.36. The van der Waals surface area contributed by atoms with Gasteiger partial charge in [0.2, 0.25) is 0 Å². The van der Waals surface area contributed by atoms with Gasteiger partial charge in [-0.2, -0.15) is 0 Å². The number of aromatic nitrogens is 1. The summed E-state index contributed by atoms with van der Waals surface area (Å²) in [6.07, 6.45) is 8.57. The van der Waals surface area contributed by atoms with E-state index in [1.165, 1.54) is 0 Å². The van der Waals surface area contributed by atoms with Crippen LogP contribution in [0.2, 0.25) is 0 Å². The summed E-state index contributed by atoms with van der Waals surface area (Å²) in [5, 5.41) is 0. The highest BCUT2D eigenvalue weighted by atomic mass is 16.2. The van der Waals surface area contributed by atoms with E-state index in [-0.39, 0.29) is 5.91 Å². The molecule has 1 aliphatic rings. The van der Waals surface area contributed by atoms with E-state index in [9.17, 15) is 4.79 Å². The highest BCUT2D eigenvalue weighted by molar-refractivity contribution is 5.93. The molecule has 1 amide bonds. The van der Waals surface area contributed by atoms with Crippen LogP contribution >= 0.6 is 0 Å². The second-order valence-corrected chi connectivity index (χ2v) is 3.44. The zero-order chi connectivity index (χ0) is 10.5. The number of hydrogen-bond donors (Lipinski definition) is 2. The first-order chi connectivity index (χ1) is 7.36. The van der Waals surface area contributed by atoms with Crippen molar-refractivity contribution in [2.45, 2.75) is 19.3 Å². The summed E-state index contributed by atoms with van der Waals surface area (Å²) in [5.41, 5.74) is 7.28. The Morgan fingerprint density at radius 3 is 2.80 bits per heavy atom. The van der Waals surface area contributed by atoms with E-state index in [0.29, 0.717) is 5.56 Å². The first-order valence-electron chi connectivity index (χ1n) is 5.02. The van der Waals surface area contributed by atoms with E-state index in [1.54, 1.807) is 24.5 Å². The first-order valence-corrected chi connectivity index (χ1v) is 5.02. The number of allylic oxidation sites excluding steroid dienone is 2. The lowest BCUT2D eigenvalue weighted by atomic mass is 10.2. The van der Waals surface area contributed by atoms with E-state index in [2.05, 4.69) is 21.9 Å². The maximum Gasteiger partial charge on any atom is 0.269 e. The van der Waals surface area contributed by atoms with Gasteiger partial charge in [-0.25, -0.2) is 0 Å². The molecule has 78 valence electrons. The molecule has 1 heterocycles. The van der Waals surface area contributed by atoms with E-state index >= 15 is 0 Å². The van der Waals surface area contributed by atoms with Crippen molar-refractivity contribution in [3.8, 4) is 0 Å². The molecule has 0 atom stereocenters. The number of rotatable bonds is 3. The maximum absolute atomic E-state index is 11.6. The molecule has 0 aromatic carbocycles. The van der Waals surface area contributed by atoms with Gasteiger partial charge in [0.05, 0.1) is 0 Å². The molecule has 0 spiro atoms. The standard InChI is InChI=1S/C11H13N3O/c15-11(9-5-7-12-8-6-9)14-13-10-3-1-2-4-10/h3,5-8,13H,1-2,4H2,(H,14,15). The van der Waals surface area contributed by atoms with Crippen LogP contribution in [0.3, 0.4) is 0 Å². The molecule has 0 aliphatic heterocycles. The molecule has 1 aromatic heterocycles. The Morgan fingerprint density at radius 1 is 1.33 bits per heavy atom. The fourth-order valence-corrected chi connectivity index (χ4v) is 1.50. The van der Waals surface area contributed by atoms with Crippen LogP contribution in [-0.4, -0.2) is 10.9 Å². The number of nitrogens with one attached hydrogen (secondary N) is 2. The lowest BCUT2D eigenvalue weighted by Crippen LogP contribution is -2.36. The Labute approximate surface area is 88.4 Å². The summed E-state index contributed by atoms with van der Waals surface area (Å²) < 4.78 is 0. The summed E-state index contributed by atoms with van der Waals surface area (Å²) in [5.74, 6) is -0.134. The smallest absolute Gasteiger partial charge is 0.269 e. The Morgan fingerprint density at radius 2 is 2.13 bits per heavy atom. The summed E-state index contributed by atoms with van der Waals surface area (Å²) in [6.45, 7) is 0. The quantitative estimate of drug-likeness (QED) is 0.730. The maximum atomic E-state index is 11.6. The van der Waals surface area contributed by atoms with Gasteiger partial charge in [0.15, 0.2) is 0 Å². The van der Waals surface area contributed by atoms with Crippen LogP contribution in [0.4, 0.5) is 0 Å². The fraction of sp³-hybridized carbons (Fsp3) is 0.273. The Bertz CT molecular complexity index is 373. The zero-order valence-electron chi connectivity index (χ0n) is 8.36. The Balaban J connectivity index is 1.87. The van der Waals surface area contributed by atoms with Crippen LogP contribution in [-0.2, 0) is 0 Å². The van der Waals surface area contributed by atoms with Crippen molar-refractivity contribution in [1.82, 2.24) is 15.8 Å². The Kier molecular flexibility index (Phi) is 2.97. The van der Waals surface area contributed by atoms with Gasteiger partial charge in [0.25, 0.3) is 5.91 Å². The van der Waals surface area contributed by atoms with Crippen molar-refractivity contribution in [2.75, 3.05) is 0 Å². The average molecular weight is 203 g/mol. The van der Waals surface area contributed by atoms with Crippen molar-refractivity contribution in [1.29, 1.82) is 0 Å². The molecule has 1 aliphatic carbocycles. The van der Waals surface area contributed by atoms with Crippen LogP contribution in [0.15, 0.2) is 36.3 Å². The molecule has 15 heavy (non-hydrogen) atoms. The number of carbonyl (C=O) groups is 1. The minimum atomic E-state index is -0.134. The van der Waals surface area contributed by atoms with Crippen molar-refractivity contribution in [3.05, 3.63) is 41.9 Å². The van der Waals surface area contributed by atoms with E-state index in [0.717, 1.165) is 25.0 Å². The van der Waals surface area contributed by atoms with Crippen LogP contribution in [0.1, 0.15) is 29.6 Å². The molecular weight excluding hydrogens is 190 g/mol. The molecule has 0 saturated carbocycles.